The maximum atomic E-state index is 6.01. The van der Waals surface area contributed by atoms with Crippen LogP contribution >= 0.6 is 15.9 Å². The zero-order chi connectivity index (χ0) is 13.2. The van der Waals surface area contributed by atoms with E-state index in [1.807, 2.05) is 48.7 Å². The lowest BCUT2D eigenvalue weighted by atomic mass is 10.1. The highest BCUT2D eigenvalue weighted by Crippen LogP contribution is 2.26. The van der Waals surface area contributed by atoms with Crippen LogP contribution in [0.5, 0.6) is 5.75 Å². The summed E-state index contributed by atoms with van der Waals surface area (Å²) in [5, 5.41) is 1.04. The van der Waals surface area contributed by atoms with E-state index in [1.165, 1.54) is 0 Å². The molecule has 0 atom stereocenters. The number of nitrogens with one attached hydrogen (secondary N) is 1. The SMILES string of the molecule is Nc1cccc2[nH]cc(COc3cccc(Br)c3)c12. The minimum absolute atomic E-state index is 0.491. The molecular formula is C15H13BrN2O. The Labute approximate surface area is 119 Å². The molecule has 0 radical (unpaired) electrons. The molecule has 0 aliphatic carbocycles. The molecule has 3 aromatic rings. The van der Waals surface area contributed by atoms with Crippen molar-refractivity contribution in [3.8, 4) is 5.75 Å². The van der Waals surface area contributed by atoms with E-state index in [2.05, 4.69) is 20.9 Å². The van der Waals surface area contributed by atoms with E-state index < -0.39 is 0 Å². The van der Waals surface area contributed by atoms with Gasteiger partial charge in [-0.15, -0.1) is 0 Å². The molecule has 4 heteroatoms. The van der Waals surface area contributed by atoms with E-state index >= 15 is 0 Å². The molecule has 3 N–H and O–H groups in total. The normalized spacial score (nSPS) is 10.8. The Balaban J connectivity index is 1.86. The highest BCUT2D eigenvalue weighted by Gasteiger charge is 2.07. The van der Waals surface area contributed by atoms with Crippen LogP contribution in [0.15, 0.2) is 53.1 Å². The second-order valence-corrected chi connectivity index (χ2v) is 5.25. The van der Waals surface area contributed by atoms with Gasteiger partial charge < -0.3 is 15.5 Å². The first-order valence-electron chi connectivity index (χ1n) is 5.97. The van der Waals surface area contributed by atoms with Crippen LogP contribution in [0.25, 0.3) is 10.9 Å². The number of rotatable bonds is 3. The van der Waals surface area contributed by atoms with Crippen molar-refractivity contribution in [2.75, 3.05) is 5.73 Å². The predicted molar refractivity (Wildman–Crippen MR) is 81.2 cm³/mol. The van der Waals surface area contributed by atoms with E-state index in [9.17, 15) is 0 Å². The van der Waals surface area contributed by atoms with Crippen LogP contribution in [0, 0.1) is 0 Å². The summed E-state index contributed by atoms with van der Waals surface area (Å²) in [4.78, 5) is 3.21. The molecule has 0 aliphatic heterocycles. The summed E-state index contributed by atoms with van der Waals surface area (Å²) in [6, 6.07) is 13.6. The van der Waals surface area contributed by atoms with E-state index in [-0.39, 0.29) is 0 Å². The molecule has 19 heavy (non-hydrogen) atoms. The number of benzene rings is 2. The van der Waals surface area contributed by atoms with Crippen LogP contribution in [-0.2, 0) is 6.61 Å². The lowest BCUT2D eigenvalue weighted by Gasteiger charge is -2.06. The van der Waals surface area contributed by atoms with Gasteiger partial charge in [-0.25, -0.2) is 0 Å². The number of ether oxygens (including phenoxy) is 1. The standard InChI is InChI=1S/C15H13BrN2O/c16-11-3-1-4-12(7-11)19-9-10-8-18-14-6-2-5-13(17)15(10)14/h1-8,18H,9,17H2. The molecule has 3 rings (SSSR count). The molecular weight excluding hydrogens is 304 g/mol. The number of hydrogen-bond acceptors (Lipinski definition) is 2. The first-order chi connectivity index (χ1) is 9.24. The summed E-state index contributed by atoms with van der Waals surface area (Å²) in [6.45, 7) is 0.491. The molecule has 0 aliphatic rings. The second kappa shape index (κ2) is 4.97. The molecule has 0 amide bonds. The van der Waals surface area contributed by atoms with Gasteiger partial charge in [0.25, 0.3) is 0 Å². The van der Waals surface area contributed by atoms with Crippen LogP contribution in [0.4, 0.5) is 5.69 Å². The van der Waals surface area contributed by atoms with Gasteiger partial charge in [0, 0.05) is 32.8 Å². The highest BCUT2D eigenvalue weighted by atomic mass is 79.9. The highest BCUT2D eigenvalue weighted by molar-refractivity contribution is 9.10. The molecule has 0 fully saturated rings. The lowest BCUT2D eigenvalue weighted by Crippen LogP contribution is -1.96. The molecule has 0 bridgehead atoms. The van der Waals surface area contributed by atoms with E-state index in [0.29, 0.717) is 6.61 Å². The van der Waals surface area contributed by atoms with Gasteiger partial charge in [0.05, 0.1) is 0 Å². The van der Waals surface area contributed by atoms with Gasteiger partial charge in [-0.3, -0.25) is 0 Å². The first-order valence-corrected chi connectivity index (χ1v) is 6.76. The van der Waals surface area contributed by atoms with Gasteiger partial charge in [-0.1, -0.05) is 28.1 Å². The minimum Gasteiger partial charge on any atom is -0.489 e. The number of halogens is 1. The largest absolute Gasteiger partial charge is 0.489 e. The summed E-state index contributed by atoms with van der Waals surface area (Å²) in [6.07, 6.45) is 1.94. The molecule has 3 nitrogen and oxygen atoms in total. The summed E-state index contributed by atoms with van der Waals surface area (Å²) in [5.41, 5.74) is 8.88. The summed E-state index contributed by atoms with van der Waals surface area (Å²) in [7, 11) is 0. The van der Waals surface area contributed by atoms with Crippen molar-refractivity contribution in [3.05, 3.63) is 58.7 Å². The summed E-state index contributed by atoms with van der Waals surface area (Å²) in [5.74, 6) is 0.832. The van der Waals surface area contributed by atoms with E-state index in [1.54, 1.807) is 0 Å². The fourth-order valence-corrected chi connectivity index (χ4v) is 2.50. The molecule has 1 aromatic heterocycles. The van der Waals surface area contributed by atoms with E-state index in [4.69, 9.17) is 10.5 Å². The maximum absolute atomic E-state index is 6.01. The smallest absolute Gasteiger partial charge is 0.120 e. The van der Waals surface area contributed by atoms with Crippen LogP contribution in [0.3, 0.4) is 0 Å². The topological polar surface area (TPSA) is 51.0 Å². The van der Waals surface area contributed by atoms with Crippen LogP contribution in [0.1, 0.15) is 5.56 Å². The van der Waals surface area contributed by atoms with Gasteiger partial charge in [-0.2, -0.15) is 0 Å². The Morgan fingerprint density at radius 1 is 1.16 bits per heavy atom. The van der Waals surface area contributed by atoms with Crippen molar-refractivity contribution in [1.82, 2.24) is 4.98 Å². The number of aromatic amines is 1. The van der Waals surface area contributed by atoms with Crippen molar-refractivity contribution in [2.24, 2.45) is 0 Å². The number of aromatic nitrogens is 1. The number of hydrogen-bond donors (Lipinski definition) is 2. The fraction of sp³-hybridized carbons (Fsp3) is 0.0667. The van der Waals surface area contributed by atoms with Crippen molar-refractivity contribution >= 4 is 32.5 Å². The molecule has 0 saturated heterocycles. The summed E-state index contributed by atoms with van der Waals surface area (Å²) >= 11 is 3.43. The Hall–Kier alpha value is -1.94. The van der Waals surface area contributed by atoms with Crippen LogP contribution in [-0.4, -0.2) is 4.98 Å². The second-order valence-electron chi connectivity index (χ2n) is 4.33. The Morgan fingerprint density at radius 2 is 2.00 bits per heavy atom. The monoisotopic (exact) mass is 316 g/mol. The van der Waals surface area contributed by atoms with Gasteiger partial charge >= 0.3 is 0 Å². The number of H-pyrrole nitrogens is 1. The number of fused-ring (bicyclic) bond motifs is 1. The number of nitrogen functional groups attached to an aromatic ring is 1. The average Bonchev–Trinajstić information content (AvgIpc) is 2.81. The molecule has 1 heterocycles. The number of anilines is 1. The predicted octanol–water partition coefficient (Wildman–Crippen LogP) is 4.09. The summed E-state index contributed by atoms with van der Waals surface area (Å²) < 4.78 is 6.79. The zero-order valence-electron chi connectivity index (χ0n) is 10.2. The fourth-order valence-electron chi connectivity index (χ4n) is 2.12. The van der Waals surface area contributed by atoms with Gasteiger partial charge in [0.15, 0.2) is 0 Å². The van der Waals surface area contributed by atoms with Crippen molar-refractivity contribution < 1.29 is 4.74 Å². The number of nitrogens with two attached hydrogens (primary N) is 1. The maximum Gasteiger partial charge on any atom is 0.120 e. The Bertz CT molecular complexity index is 721. The average molecular weight is 317 g/mol. The van der Waals surface area contributed by atoms with Crippen molar-refractivity contribution in [2.45, 2.75) is 6.61 Å². The van der Waals surface area contributed by atoms with Gasteiger partial charge in [0.2, 0.25) is 0 Å². The van der Waals surface area contributed by atoms with E-state index in [0.717, 1.165) is 32.4 Å². The molecule has 0 unspecified atom stereocenters. The van der Waals surface area contributed by atoms with Gasteiger partial charge in [-0.05, 0) is 30.3 Å². The minimum atomic E-state index is 0.491. The van der Waals surface area contributed by atoms with Gasteiger partial charge in [0.1, 0.15) is 12.4 Å². The quantitative estimate of drug-likeness (QED) is 0.715. The molecule has 0 spiro atoms. The van der Waals surface area contributed by atoms with Crippen molar-refractivity contribution in [3.63, 3.8) is 0 Å². The zero-order valence-corrected chi connectivity index (χ0v) is 11.8. The van der Waals surface area contributed by atoms with Crippen LogP contribution < -0.4 is 10.5 Å². The Kier molecular flexibility index (Phi) is 3.17. The Morgan fingerprint density at radius 3 is 2.84 bits per heavy atom. The lowest BCUT2D eigenvalue weighted by molar-refractivity contribution is 0.307. The third kappa shape index (κ3) is 2.44. The van der Waals surface area contributed by atoms with Crippen LogP contribution in [0.2, 0.25) is 0 Å². The third-order valence-electron chi connectivity index (χ3n) is 3.01. The molecule has 96 valence electrons. The van der Waals surface area contributed by atoms with Crippen molar-refractivity contribution in [1.29, 1.82) is 0 Å². The molecule has 2 aromatic carbocycles. The third-order valence-corrected chi connectivity index (χ3v) is 3.50. The molecule has 0 saturated carbocycles. The first kappa shape index (κ1) is 12.1.